The van der Waals surface area contributed by atoms with Crippen molar-refractivity contribution < 1.29 is 9.53 Å². The number of benzene rings is 1. The normalized spacial score (nSPS) is 12.0. The summed E-state index contributed by atoms with van der Waals surface area (Å²) < 4.78 is 6.78. The van der Waals surface area contributed by atoms with Crippen LogP contribution in [-0.4, -0.2) is 32.2 Å². The van der Waals surface area contributed by atoms with Crippen molar-refractivity contribution >= 4 is 43.5 Å². The van der Waals surface area contributed by atoms with Crippen LogP contribution in [0.15, 0.2) is 27.1 Å². The number of carbonyl (C=O) groups is 1. The van der Waals surface area contributed by atoms with Crippen LogP contribution in [0.1, 0.15) is 6.92 Å². The predicted molar refractivity (Wildman–Crippen MR) is 79.8 cm³/mol. The van der Waals surface area contributed by atoms with Crippen molar-refractivity contribution in [3.8, 4) is 0 Å². The molecule has 1 aromatic carbocycles. The van der Waals surface area contributed by atoms with E-state index in [0.717, 1.165) is 14.6 Å². The number of nitrogens with one attached hydrogen (secondary N) is 2. The van der Waals surface area contributed by atoms with Crippen LogP contribution in [0.2, 0.25) is 0 Å². The molecular weight excluding hydrogens is 364 g/mol. The fourth-order valence-electron chi connectivity index (χ4n) is 1.45. The molecule has 6 heteroatoms. The molecule has 1 rings (SSSR count). The molecule has 0 saturated carbocycles. The molecule has 0 aromatic heterocycles. The first-order chi connectivity index (χ1) is 8.54. The second-order valence-electron chi connectivity index (χ2n) is 3.87. The fraction of sp³-hybridized carbons (Fsp3) is 0.417. The highest BCUT2D eigenvalue weighted by molar-refractivity contribution is 9.11. The fourth-order valence-corrected chi connectivity index (χ4v) is 2.73. The lowest BCUT2D eigenvalue weighted by atomic mass is 10.3. The predicted octanol–water partition coefficient (Wildman–Crippen LogP) is 2.77. The van der Waals surface area contributed by atoms with E-state index in [0.29, 0.717) is 6.61 Å². The third-order valence-electron chi connectivity index (χ3n) is 2.21. The standard InChI is InChI=1S/C12H16Br2N2O2/c1-8(7-18-2)16-11(17)6-15-12-9(13)4-3-5-10(12)14/h3-5,8,15H,6-7H2,1-2H3,(H,16,17). The van der Waals surface area contributed by atoms with Gasteiger partial charge in [-0.2, -0.15) is 0 Å². The van der Waals surface area contributed by atoms with E-state index in [9.17, 15) is 4.79 Å². The molecule has 0 saturated heterocycles. The second kappa shape index (κ2) is 7.76. The van der Waals surface area contributed by atoms with Gasteiger partial charge in [-0.1, -0.05) is 6.07 Å². The Balaban J connectivity index is 2.48. The van der Waals surface area contributed by atoms with Crippen molar-refractivity contribution in [1.82, 2.24) is 5.32 Å². The Morgan fingerprint density at radius 2 is 2.00 bits per heavy atom. The minimum absolute atomic E-state index is 0.00644. The maximum absolute atomic E-state index is 11.7. The van der Waals surface area contributed by atoms with Gasteiger partial charge >= 0.3 is 0 Å². The summed E-state index contributed by atoms with van der Waals surface area (Å²) in [6.45, 7) is 2.62. The van der Waals surface area contributed by atoms with Crippen molar-refractivity contribution in [2.24, 2.45) is 0 Å². The zero-order valence-electron chi connectivity index (χ0n) is 10.3. The van der Waals surface area contributed by atoms with Gasteiger partial charge in [0.2, 0.25) is 5.91 Å². The Kier molecular flexibility index (Phi) is 6.67. The van der Waals surface area contributed by atoms with Gasteiger partial charge in [0.25, 0.3) is 0 Å². The summed E-state index contributed by atoms with van der Waals surface area (Å²) in [4.78, 5) is 11.7. The first kappa shape index (κ1) is 15.5. The summed E-state index contributed by atoms with van der Waals surface area (Å²) in [5.74, 6) is -0.0674. The largest absolute Gasteiger partial charge is 0.383 e. The molecular formula is C12H16Br2N2O2. The third kappa shape index (κ3) is 4.96. The van der Waals surface area contributed by atoms with Crippen LogP contribution in [-0.2, 0) is 9.53 Å². The molecule has 0 spiro atoms. The molecule has 0 aliphatic heterocycles. The minimum atomic E-state index is -0.0674. The Morgan fingerprint density at radius 1 is 1.39 bits per heavy atom. The van der Waals surface area contributed by atoms with Crippen LogP contribution in [0.25, 0.3) is 0 Å². The maximum atomic E-state index is 11.7. The van der Waals surface area contributed by atoms with E-state index < -0.39 is 0 Å². The summed E-state index contributed by atoms with van der Waals surface area (Å²) in [5, 5.41) is 5.91. The number of hydrogen-bond acceptors (Lipinski definition) is 3. The summed E-state index contributed by atoms with van der Waals surface area (Å²) in [7, 11) is 1.61. The number of carbonyl (C=O) groups excluding carboxylic acids is 1. The molecule has 0 aliphatic rings. The van der Waals surface area contributed by atoms with Crippen molar-refractivity contribution in [2.45, 2.75) is 13.0 Å². The van der Waals surface area contributed by atoms with Crippen LogP contribution >= 0.6 is 31.9 Å². The van der Waals surface area contributed by atoms with Gasteiger partial charge in [-0.15, -0.1) is 0 Å². The van der Waals surface area contributed by atoms with Crippen LogP contribution in [0.4, 0.5) is 5.69 Å². The first-order valence-corrected chi connectivity index (χ1v) is 7.09. The first-order valence-electron chi connectivity index (χ1n) is 5.50. The molecule has 0 fully saturated rings. The molecule has 4 nitrogen and oxygen atoms in total. The zero-order chi connectivity index (χ0) is 13.5. The number of amides is 1. The number of hydrogen-bond donors (Lipinski definition) is 2. The monoisotopic (exact) mass is 378 g/mol. The Hall–Kier alpha value is -0.590. The van der Waals surface area contributed by atoms with Crippen molar-refractivity contribution in [3.63, 3.8) is 0 Å². The highest BCUT2D eigenvalue weighted by Crippen LogP contribution is 2.30. The van der Waals surface area contributed by atoms with E-state index in [1.165, 1.54) is 0 Å². The van der Waals surface area contributed by atoms with Gasteiger partial charge in [0.1, 0.15) is 0 Å². The number of anilines is 1. The molecule has 0 radical (unpaired) electrons. The van der Waals surface area contributed by atoms with Crippen LogP contribution in [0, 0.1) is 0 Å². The Bertz CT molecular complexity index is 393. The summed E-state index contributed by atoms with van der Waals surface area (Å²) >= 11 is 6.86. The Labute approximate surface area is 124 Å². The summed E-state index contributed by atoms with van der Waals surface area (Å²) in [6.07, 6.45) is 0. The molecule has 0 bridgehead atoms. The molecule has 18 heavy (non-hydrogen) atoms. The molecule has 1 aromatic rings. The van der Waals surface area contributed by atoms with Gasteiger partial charge in [0, 0.05) is 22.1 Å². The van der Waals surface area contributed by atoms with Gasteiger partial charge < -0.3 is 15.4 Å². The Morgan fingerprint density at radius 3 is 2.56 bits per heavy atom. The number of rotatable bonds is 6. The van der Waals surface area contributed by atoms with Crippen LogP contribution < -0.4 is 10.6 Å². The minimum Gasteiger partial charge on any atom is -0.383 e. The smallest absolute Gasteiger partial charge is 0.239 e. The van der Waals surface area contributed by atoms with E-state index in [4.69, 9.17) is 4.74 Å². The molecule has 1 amide bonds. The molecule has 1 atom stereocenters. The average molecular weight is 380 g/mol. The number of para-hydroxylation sites is 1. The van der Waals surface area contributed by atoms with Gasteiger partial charge in [-0.25, -0.2) is 0 Å². The van der Waals surface area contributed by atoms with Gasteiger partial charge in [0.15, 0.2) is 0 Å². The lowest BCUT2D eigenvalue weighted by Gasteiger charge is -2.14. The van der Waals surface area contributed by atoms with E-state index in [2.05, 4.69) is 42.5 Å². The molecule has 2 N–H and O–H groups in total. The highest BCUT2D eigenvalue weighted by atomic mass is 79.9. The van der Waals surface area contributed by atoms with E-state index in [1.807, 2.05) is 25.1 Å². The number of methoxy groups -OCH3 is 1. The topological polar surface area (TPSA) is 50.4 Å². The molecule has 0 heterocycles. The quantitative estimate of drug-likeness (QED) is 0.798. The lowest BCUT2D eigenvalue weighted by Crippen LogP contribution is -2.39. The number of halogens is 2. The van der Waals surface area contributed by atoms with E-state index in [-0.39, 0.29) is 18.5 Å². The SMILES string of the molecule is COCC(C)NC(=O)CNc1c(Br)cccc1Br. The summed E-state index contributed by atoms with van der Waals surface area (Å²) in [5.41, 5.74) is 0.868. The van der Waals surface area contributed by atoms with Crippen molar-refractivity contribution in [1.29, 1.82) is 0 Å². The van der Waals surface area contributed by atoms with Gasteiger partial charge in [-0.05, 0) is 50.9 Å². The van der Waals surface area contributed by atoms with Gasteiger partial charge in [-0.3, -0.25) is 4.79 Å². The van der Waals surface area contributed by atoms with Gasteiger partial charge in [0.05, 0.1) is 18.8 Å². The maximum Gasteiger partial charge on any atom is 0.239 e. The molecule has 1 unspecified atom stereocenters. The van der Waals surface area contributed by atoms with Crippen LogP contribution in [0.5, 0.6) is 0 Å². The second-order valence-corrected chi connectivity index (χ2v) is 5.58. The molecule has 0 aliphatic carbocycles. The zero-order valence-corrected chi connectivity index (χ0v) is 13.5. The van der Waals surface area contributed by atoms with E-state index in [1.54, 1.807) is 7.11 Å². The summed E-state index contributed by atoms with van der Waals surface area (Å²) in [6, 6.07) is 5.75. The highest BCUT2D eigenvalue weighted by Gasteiger charge is 2.09. The van der Waals surface area contributed by atoms with Crippen molar-refractivity contribution in [3.05, 3.63) is 27.1 Å². The van der Waals surface area contributed by atoms with E-state index >= 15 is 0 Å². The molecule has 100 valence electrons. The average Bonchev–Trinajstić information content (AvgIpc) is 2.28. The third-order valence-corrected chi connectivity index (χ3v) is 3.53. The number of ether oxygens (including phenoxy) is 1. The van der Waals surface area contributed by atoms with Crippen LogP contribution in [0.3, 0.4) is 0 Å². The van der Waals surface area contributed by atoms with Crippen molar-refractivity contribution in [2.75, 3.05) is 25.6 Å². The lowest BCUT2D eigenvalue weighted by molar-refractivity contribution is -0.120.